The number of carbonyl (C=O) groups excluding carboxylic acids is 2. The van der Waals surface area contributed by atoms with Crippen molar-refractivity contribution in [1.29, 1.82) is 0 Å². The van der Waals surface area contributed by atoms with Gasteiger partial charge in [0.15, 0.2) is 12.6 Å². The molecule has 2 aromatic rings. The SMILES string of the molecule is COc1cccc(NC(=O)[C@@H](C)[NH+]2CC[NH+](CC(=O)Nc3c(C)cccc3C)CC2)c1. The highest BCUT2D eigenvalue weighted by atomic mass is 16.5. The molecule has 7 heteroatoms. The fourth-order valence-corrected chi connectivity index (χ4v) is 4.09. The minimum absolute atomic E-state index is 0.000487. The minimum atomic E-state index is -0.156. The molecule has 2 amide bonds. The molecule has 0 aromatic heterocycles. The van der Waals surface area contributed by atoms with Gasteiger partial charge in [-0.05, 0) is 44.0 Å². The summed E-state index contributed by atoms with van der Waals surface area (Å²) in [6.07, 6.45) is 0. The number of anilines is 2. The van der Waals surface area contributed by atoms with Gasteiger partial charge < -0.3 is 25.2 Å². The van der Waals surface area contributed by atoms with E-state index in [1.807, 2.05) is 63.2 Å². The van der Waals surface area contributed by atoms with Crippen molar-refractivity contribution in [3.63, 3.8) is 0 Å². The van der Waals surface area contributed by atoms with Crippen LogP contribution in [0.2, 0.25) is 0 Å². The number of para-hydroxylation sites is 1. The van der Waals surface area contributed by atoms with E-state index in [9.17, 15) is 9.59 Å². The number of ether oxygens (including phenoxy) is 1. The van der Waals surface area contributed by atoms with Crippen LogP contribution in [-0.2, 0) is 9.59 Å². The van der Waals surface area contributed by atoms with Crippen LogP contribution in [0.5, 0.6) is 5.75 Å². The zero-order valence-electron chi connectivity index (χ0n) is 18.9. The first-order valence-corrected chi connectivity index (χ1v) is 10.9. The molecule has 166 valence electrons. The number of carbonyl (C=O) groups is 2. The lowest BCUT2D eigenvalue weighted by molar-refractivity contribution is -1.01. The number of quaternary nitrogens is 2. The monoisotopic (exact) mass is 426 g/mol. The average Bonchev–Trinajstić information content (AvgIpc) is 2.76. The third-order valence-corrected chi connectivity index (χ3v) is 6.10. The molecule has 0 spiro atoms. The Labute approximate surface area is 184 Å². The van der Waals surface area contributed by atoms with Gasteiger partial charge in [-0.1, -0.05) is 24.3 Å². The fourth-order valence-electron chi connectivity index (χ4n) is 4.09. The molecular weight excluding hydrogens is 392 g/mol. The van der Waals surface area contributed by atoms with Crippen molar-refractivity contribution in [3.05, 3.63) is 53.6 Å². The number of methoxy groups -OCH3 is 1. The van der Waals surface area contributed by atoms with E-state index in [1.165, 1.54) is 9.80 Å². The lowest BCUT2D eigenvalue weighted by atomic mass is 10.1. The van der Waals surface area contributed by atoms with E-state index < -0.39 is 0 Å². The van der Waals surface area contributed by atoms with Crippen molar-refractivity contribution < 1.29 is 24.1 Å². The Morgan fingerprint density at radius 2 is 1.65 bits per heavy atom. The highest BCUT2D eigenvalue weighted by molar-refractivity contribution is 5.94. The fraction of sp³-hybridized carbons (Fsp3) is 0.417. The first kappa shape index (κ1) is 22.8. The Morgan fingerprint density at radius 3 is 2.29 bits per heavy atom. The maximum atomic E-state index is 12.7. The summed E-state index contributed by atoms with van der Waals surface area (Å²) in [5.41, 5.74) is 3.81. The highest BCUT2D eigenvalue weighted by Crippen LogP contribution is 2.19. The van der Waals surface area contributed by atoms with Gasteiger partial charge in [0.25, 0.3) is 11.8 Å². The maximum absolute atomic E-state index is 12.7. The molecule has 0 aliphatic carbocycles. The van der Waals surface area contributed by atoms with Gasteiger partial charge >= 0.3 is 0 Å². The second-order valence-corrected chi connectivity index (χ2v) is 8.34. The lowest BCUT2D eigenvalue weighted by Gasteiger charge is -2.32. The summed E-state index contributed by atoms with van der Waals surface area (Å²) in [4.78, 5) is 27.8. The number of rotatable bonds is 7. The van der Waals surface area contributed by atoms with Gasteiger partial charge in [-0.3, -0.25) is 9.59 Å². The summed E-state index contributed by atoms with van der Waals surface area (Å²) < 4.78 is 5.22. The molecule has 0 radical (unpaired) electrons. The van der Waals surface area contributed by atoms with Crippen LogP contribution >= 0.6 is 0 Å². The number of amides is 2. The molecule has 2 aromatic carbocycles. The summed E-state index contributed by atoms with van der Waals surface area (Å²) in [6, 6.07) is 13.2. The quantitative estimate of drug-likeness (QED) is 0.506. The van der Waals surface area contributed by atoms with Crippen molar-refractivity contribution >= 4 is 23.2 Å². The molecule has 1 fully saturated rings. The number of piperazine rings is 1. The molecule has 4 N–H and O–H groups in total. The Bertz CT molecular complexity index is 903. The average molecular weight is 427 g/mol. The van der Waals surface area contributed by atoms with Gasteiger partial charge in [0.1, 0.15) is 31.9 Å². The number of aryl methyl sites for hydroxylation is 2. The van der Waals surface area contributed by atoms with Crippen LogP contribution in [0.3, 0.4) is 0 Å². The third kappa shape index (κ3) is 6.06. The number of benzene rings is 2. The molecule has 1 aliphatic heterocycles. The first-order chi connectivity index (χ1) is 14.9. The zero-order chi connectivity index (χ0) is 22.4. The second kappa shape index (κ2) is 10.4. The summed E-state index contributed by atoms with van der Waals surface area (Å²) >= 11 is 0. The molecule has 7 nitrogen and oxygen atoms in total. The van der Waals surface area contributed by atoms with Crippen molar-refractivity contribution in [2.75, 3.05) is 50.5 Å². The molecule has 0 bridgehead atoms. The van der Waals surface area contributed by atoms with Crippen molar-refractivity contribution in [2.24, 2.45) is 0 Å². The second-order valence-electron chi connectivity index (χ2n) is 8.34. The van der Waals surface area contributed by atoms with Crippen molar-refractivity contribution in [3.8, 4) is 5.75 Å². The van der Waals surface area contributed by atoms with Crippen LogP contribution < -0.4 is 25.2 Å². The maximum Gasteiger partial charge on any atom is 0.282 e. The first-order valence-electron chi connectivity index (χ1n) is 10.9. The topological polar surface area (TPSA) is 76.3 Å². The number of hydrogen-bond acceptors (Lipinski definition) is 3. The van der Waals surface area contributed by atoms with Crippen LogP contribution in [0.1, 0.15) is 18.1 Å². The molecular formula is C24H34N4O3+2. The normalized spacial score (nSPS) is 19.4. The number of hydrogen-bond donors (Lipinski definition) is 4. The molecule has 1 saturated heterocycles. The Hall–Kier alpha value is -2.90. The molecule has 0 unspecified atom stereocenters. The summed E-state index contributed by atoms with van der Waals surface area (Å²) in [6.45, 7) is 9.88. The van der Waals surface area contributed by atoms with Crippen molar-refractivity contribution in [2.45, 2.75) is 26.8 Å². The summed E-state index contributed by atoms with van der Waals surface area (Å²) in [7, 11) is 1.61. The molecule has 31 heavy (non-hydrogen) atoms. The Kier molecular flexibility index (Phi) is 7.65. The molecule has 1 atom stereocenters. The van der Waals surface area contributed by atoms with Crippen LogP contribution in [0.15, 0.2) is 42.5 Å². The zero-order valence-corrected chi connectivity index (χ0v) is 18.9. The van der Waals surface area contributed by atoms with Crippen LogP contribution in [0, 0.1) is 13.8 Å². The van der Waals surface area contributed by atoms with Crippen LogP contribution in [-0.4, -0.2) is 57.7 Å². The minimum Gasteiger partial charge on any atom is -0.497 e. The van der Waals surface area contributed by atoms with Crippen LogP contribution in [0.25, 0.3) is 0 Å². The van der Waals surface area contributed by atoms with E-state index in [0.29, 0.717) is 12.3 Å². The van der Waals surface area contributed by atoms with Gasteiger partial charge in [0.05, 0.1) is 7.11 Å². The third-order valence-electron chi connectivity index (χ3n) is 6.10. The Morgan fingerprint density at radius 1 is 1.00 bits per heavy atom. The standard InChI is InChI=1S/C24H32N4O3/c1-17-7-5-8-18(2)23(17)26-22(29)16-27-11-13-28(14-12-27)19(3)24(30)25-20-9-6-10-21(15-20)31-4/h5-10,15,19H,11-14,16H2,1-4H3,(H,25,30)(H,26,29)/p+2/t19-/m1/s1. The molecule has 1 heterocycles. The van der Waals surface area contributed by atoms with Crippen LogP contribution in [0.4, 0.5) is 11.4 Å². The van der Waals surface area contributed by atoms with E-state index in [-0.39, 0.29) is 17.9 Å². The summed E-state index contributed by atoms with van der Waals surface area (Å²) in [5, 5.41) is 6.06. The predicted octanol–water partition coefficient (Wildman–Crippen LogP) is 0.0611. The van der Waals surface area contributed by atoms with Crippen molar-refractivity contribution in [1.82, 2.24) is 0 Å². The predicted molar refractivity (Wildman–Crippen MR) is 122 cm³/mol. The van der Waals surface area contributed by atoms with Gasteiger partial charge in [-0.15, -0.1) is 0 Å². The van der Waals surface area contributed by atoms with Gasteiger partial charge in [0.2, 0.25) is 0 Å². The highest BCUT2D eigenvalue weighted by Gasteiger charge is 2.32. The Balaban J connectivity index is 1.47. The van der Waals surface area contributed by atoms with Gasteiger partial charge in [-0.25, -0.2) is 0 Å². The van der Waals surface area contributed by atoms with E-state index in [2.05, 4.69) is 10.6 Å². The molecule has 3 rings (SSSR count). The smallest absolute Gasteiger partial charge is 0.282 e. The van der Waals surface area contributed by atoms with E-state index in [4.69, 9.17) is 4.74 Å². The molecule has 0 saturated carbocycles. The molecule has 1 aliphatic rings. The van der Waals surface area contributed by atoms with E-state index in [0.717, 1.165) is 48.7 Å². The lowest BCUT2D eigenvalue weighted by Crippen LogP contribution is -3.30. The van der Waals surface area contributed by atoms with Gasteiger partial charge in [-0.2, -0.15) is 0 Å². The van der Waals surface area contributed by atoms with E-state index >= 15 is 0 Å². The largest absolute Gasteiger partial charge is 0.497 e. The van der Waals surface area contributed by atoms with Gasteiger partial charge in [0, 0.05) is 17.4 Å². The number of nitrogens with one attached hydrogen (secondary N) is 4. The van der Waals surface area contributed by atoms with E-state index in [1.54, 1.807) is 7.11 Å². The summed E-state index contributed by atoms with van der Waals surface area (Å²) in [5.74, 6) is 0.758.